The first-order chi connectivity index (χ1) is 14.3. The third-order valence-corrected chi connectivity index (χ3v) is 4.74. The van der Waals surface area contributed by atoms with Gasteiger partial charge in [0, 0.05) is 36.0 Å². The molecule has 2 aromatic rings. The lowest BCUT2D eigenvalue weighted by molar-refractivity contribution is -0.432. The first kappa shape index (κ1) is 28.7. The number of rotatable bonds is 8. The predicted octanol–water partition coefficient (Wildman–Crippen LogP) is 3.12. The second-order valence-corrected chi connectivity index (χ2v) is 7.38. The number of anilines is 1. The van der Waals surface area contributed by atoms with Crippen LogP contribution in [0.25, 0.3) is 21.1 Å². The molecule has 0 heterocycles. The Bertz CT molecular complexity index is 902. The lowest BCUT2D eigenvalue weighted by Crippen LogP contribution is -2.20. The minimum Gasteiger partial charge on any atom is -0.709 e. The van der Waals surface area contributed by atoms with Gasteiger partial charge >= 0.3 is 0 Å². The van der Waals surface area contributed by atoms with Crippen molar-refractivity contribution >= 4 is 69.5 Å². The summed E-state index contributed by atoms with van der Waals surface area (Å²) in [6.45, 7) is 0.395. The lowest BCUT2D eigenvalue weighted by Gasteiger charge is -2.10. The zero-order valence-electron chi connectivity index (χ0n) is 15.4. The second-order valence-electron chi connectivity index (χ2n) is 5.01. The van der Waals surface area contributed by atoms with E-state index >= 15 is 0 Å². The molecule has 12 nitrogen and oxygen atoms in total. The molecule has 0 saturated carbocycles. The molecular weight excluding hydrogens is 478 g/mol. The molecular formula is C14H20N5O7S4-3. The fourth-order valence-corrected chi connectivity index (χ4v) is 3.44. The van der Waals surface area contributed by atoms with E-state index in [1.807, 2.05) is 0 Å². The van der Waals surface area contributed by atoms with Crippen LogP contribution in [0.15, 0.2) is 40.1 Å². The van der Waals surface area contributed by atoms with Gasteiger partial charge in [-0.25, -0.2) is 5.26 Å². The molecule has 30 heavy (non-hydrogen) atoms. The Morgan fingerprint density at radius 3 is 2.43 bits per heavy atom. The van der Waals surface area contributed by atoms with Crippen LogP contribution in [0.2, 0.25) is 0 Å². The van der Waals surface area contributed by atoms with E-state index in [9.17, 15) is 17.8 Å². The Labute approximate surface area is 187 Å². The molecule has 8 N–H and O–H groups in total. The van der Waals surface area contributed by atoms with Crippen molar-refractivity contribution in [1.82, 2.24) is 5.32 Å². The van der Waals surface area contributed by atoms with Gasteiger partial charge in [-0.2, -0.15) is 8.42 Å². The van der Waals surface area contributed by atoms with Gasteiger partial charge in [0.15, 0.2) is 0 Å². The highest BCUT2D eigenvalue weighted by atomic mass is 32.2. The Balaban J connectivity index is 0.00000154. The number of hydrogen-bond donors (Lipinski definition) is 5. The number of carbonyl (C=O) groups excluding carboxylic acids is 1. The van der Waals surface area contributed by atoms with E-state index in [2.05, 4.69) is 38.0 Å². The van der Waals surface area contributed by atoms with E-state index in [4.69, 9.17) is 15.5 Å². The maximum absolute atomic E-state index is 11.6. The number of fused-ring (bicyclic) bond motifs is 1. The van der Waals surface area contributed by atoms with E-state index in [0.29, 0.717) is 35.0 Å². The Morgan fingerprint density at radius 2 is 1.90 bits per heavy atom. The van der Waals surface area contributed by atoms with Crippen LogP contribution >= 0.6 is 24.2 Å². The highest BCUT2D eigenvalue weighted by Crippen LogP contribution is 2.32. The lowest BCUT2D eigenvalue weighted by atomic mass is 10.1. The quantitative estimate of drug-likeness (QED) is 0.0887. The summed E-state index contributed by atoms with van der Waals surface area (Å²) in [6.07, 6.45) is 0.280. The normalized spacial score (nSPS) is 10.4. The summed E-state index contributed by atoms with van der Waals surface area (Å²) in [5.41, 5.74) is 0.666. The number of amides is 1. The summed E-state index contributed by atoms with van der Waals surface area (Å²) in [5.74, 6) is -0.109. The van der Waals surface area contributed by atoms with Crippen molar-refractivity contribution in [3.8, 4) is 0 Å². The van der Waals surface area contributed by atoms with Crippen molar-refractivity contribution in [2.75, 3.05) is 18.9 Å². The van der Waals surface area contributed by atoms with Crippen molar-refractivity contribution in [3.05, 3.63) is 40.6 Å². The first-order valence-corrected chi connectivity index (χ1v) is 11.1. The van der Waals surface area contributed by atoms with Crippen molar-refractivity contribution in [1.29, 1.82) is 0 Å². The number of nitrogens with two attached hydrogens (primary N) is 1. The highest BCUT2D eigenvalue weighted by Gasteiger charge is 2.16. The fraction of sp³-hybridized carbons (Fsp3) is 0.214. The third-order valence-electron chi connectivity index (χ3n) is 3.29. The standard InChI is InChI=1S/C14H16N2O7S2.H2N2S.H2NS/c1-15-14(17)4-5-16-10-2-3-12-9(6-10)7-11(24-23-22-18)8-13(12)25(19,20)21;1-3-2;1-2/h2-3,6-8,16,18H,4-5H2,1H3,(H,15,17)(H,19,20,21);1-2H;1H2/q;-2;-1. The van der Waals surface area contributed by atoms with E-state index in [1.165, 1.54) is 6.07 Å². The van der Waals surface area contributed by atoms with Crippen molar-refractivity contribution < 1.29 is 32.4 Å². The van der Waals surface area contributed by atoms with Crippen LogP contribution in [0.5, 0.6) is 0 Å². The molecule has 0 aliphatic rings. The molecule has 170 valence electrons. The zero-order valence-corrected chi connectivity index (χ0v) is 18.7. The van der Waals surface area contributed by atoms with E-state index in [-0.39, 0.29) is 34.3 Å². The summed E-state index contributed by atoms with van der Waals surface area (Å²) < 4.78 is 36.9. The summed E-state index contributed by atoms with van der Waals surface area (Å²) in [7, 11) is -2.92. The number of benzene rings is 2. The van der Waals surface area contributed by atoms with Gasteiger partial charge in [0.05, 0.1) is 12.0 Å². The molecule has 0 fully saturated rings. The molecule has 1 amide bonds. The van der Waals surface area contributed by atoms with Crippen LogP contribution in [-0.4, -0.2) is 37.7 Å². The maximum Gasteiger partial charge on any atom is 0.295 e. The molecule has 0 atom stereocenters. The van der Waals surface area contributed by atoms with E-state index < -0.39 is 10.1 Å². The monoisotopic (exact) mass is 498 g/mol. The van der Waals surface area contributed by atoms with Gasteiger partial charge < -0.3 is 51.0 Å². The fourth-order valence-electron chi connectivity index (χ4n) is 2.18. The molecule has 2 rings (SSSR count). The van der Waals surface area contributed by atoms with Gasteiger partial charge in [-0.3, -0.25) is 9.35 Å². The van der Waals surface area contributed by atoms with Gasteiger partial charge in [0.25, 0.3) is 10.1 Å². The molecule has 0 aliphatic heterocycles. The van der Waals surface area contributed by atoms with Crippen LogP contribution in [0.1, 0.15) is 6.42 Å². The number of carbonyl (C=O) groups is 1. The summed E-state index contributed by atoms with van der Waals surface area (Å²) in [5, 5.41) is 33.8. The van der Waals surface area contributed by atoms with Gasteiger partial charge in [-0.1, -0.05) is 11.1 Å². The van der Waals surface area contributed by atoms with Crippen molar-refractivity contribution in [3.63, 3.8) is 0 Å². The molecule has 0 radical (unpaired) electrons. The Kier molecular flexibility index (Phi) is 14.8. The summed E-state index contributed by atoms with van der Waals surface area (Å²) in [6, 6.07) is 7.63. The Morgan fingerprint density at radius 1 is 1.27 bits per heavy atom. The molecule has 16 heteroatoms. The number of nitrogens with one attached hydrogen (secondary N) is 4. The van der Waals surface area contributed by atoms with E-state index in [0.717, 1.165) is 0 Å². The molecule has 0 aromatic heterocycles. The van der Waals surface area contributed by atoms with Crippen LogP contribution in [0, 0.1) is 0 Å². The van der Waals surface area contributed by atoms with Gasteiger partial charge in [-0.15, -0.1) is 4.33 Å². The van der Waals surface area contributed by atoms with Crippen molar-refractivity contribution in [2.45, 2.75) is 16.2 Å². The highest BCUT2D eigenvalue weighted by molar-refractivity contribution is 8.02. The average Bonchev–Trinajstić information content (AvgIpc) is 2.72. The molecule has 0 saturated heterocycles. The van der Waals surface area contributed by atoms with Crippen LogP contribution in [-0.2, 0) is 37.1 Å². The minimum atomic E-state index is -4.47. The second kappa shape index (κ2) is 15.5. The summed E-state index contributed by atoms with van der Waals surface area (Å²) in [4.78, 5) is 11.2. The summed E-state index contributed by atoms with van der Waals surface area (Å²) >= 11 is 4.41. The molecule has 0 aliphatic carbocycles. The third kappa shape index (κ3) is 10.1. The topological polar surface area (TPSA) is 208 Å². The van der Waals surface area contributed by atoms with Crippen molar-refractivity contribution in [2.24, 2.45) is 5.14 Å². The van der Waals surface area contributed by atoms with Gasteiger partial charge in [-0.05, 0) is 29.7 Å². The molecule has 2 aromatic carbocycles. The molecule has 0 spiro atoms. The smallest absolute Gasteiger partial charge is 0.295 e. The van der Waals surface area contributed by atoms with E-state index in [1.54, 1.807) is 31.3 Å². The largest absolute Gasteiger partial charge is 0.709 e. The van der Waals surface area contributed by atoms with Gasteiger partial charge in [0.1, 0.15) is 4.90 Å². The van der Waals surface area contributed by atoms with Crippen LogP contribution in [0.4, 0.5) is 5.69 Å². The SMILES string of the molecule is CNC(=O)CCNc1ccc2c(S(=O)(=O)O)cc(SOOO)cc2c1.N[S-].[NH-]S[NH-]. The first-order valence-electron chi connectivity index (χ1n) is 7.64. The number of hydrogen-bond acceptors (Lipinski definition) is 11. The average molecular weight is 499 g/mol. The maximum atomic E-state index is 11.6. The molecule has 0 bridgehead atoms. The van der Waals surface area contributed by atoms with Crippen LogP contribution in [0.3, 0.4) is 0 Å². The van der Waals surface area contributed by atoms with Gasteiger partial charge in [0.2, 0.25) is 5.91 Å². The molecule has 0 unspecified atom stereocenters. The Hall–Kier alpha value is -1.31. The zero-order chi connectivity index (χ0) is 23.2. The minimum absolute atomic E-state index is 0.109. The predicted molar refractivity (Wildman–Crippen MR) is 119 cm³/mol. The van der Waals surface area contributed by atoms with Crippen LogP contribution < -0.4 is 15.8 Å².